The van der Waals surface area contributed by atoms with Crippen LogP contribution in [0.2, 0.25) is 10.6 Å². The molecular weight excluding hydrogens is 422 g/mol. The molecule has 0 atom stereocenters. The summed E-state index contributed by atoms with van der Waals surface area (Å²) in [5.74, 6) is 0. The average Bonchev–Trinajstić information content (AvgIpc) is 2.60. The molecule has 0 rings (SSSR count). The van der Waals surface area contributed by atoms with E-state index in [1.807, 2.05) is 0 Å². The molecule has 0 aliphatic heterocycles. The fraction of sp³-hybridized carbons (Fsp3) is 1.00. The molecule has 0 aromatic heterocycles. The Hall–Kier alpha value is 1.04. The third kappa shape index (κ3) is 23.0. The van der Waals surface area contributed by atoms with Crippen LogP contribution >= 0.6 is 0 Å². The van der Waals surface area contributed by atoms with Gasteiger partial charge in [-0.1, -0.05) is 0 Å². The molecular formula is C22H46Se2. The molecule has 0 amide bonds. The molecule has 0 heterocycles. The quantitative estimate of drug-likeness (QED) is 0.118. The topological polar surface area (TPSA) is 0 Å². The Kier molecular flexibility index (Phi) is 25.1. The molecule has 0 aromatic rings. The Morgan fingerprint density at radius 3 is 0.875 bits per heavy atom. The first-order valence-electron chi connectivity index (χ1n) is 11.2. The molecule has 24 heavy (non-hydrogen) atoms. The fourth-order valence-electron chi connectivity index (χ4n) is 3.06. The normalized spacial score (nSPS) is 11.2. The molecule has 0 bridgehead atoms. The zero-order valence-corrected chi connectivity index (χ0v) is 20.4. The van der Waals surface area contributed by atoms with Crippen LogP contribution in [-0.4, -0.2) is 26.3 Å². The van der Waals surface area contributed by atoms with Crippen molar-refractivity contribution in [2.45, 2.75) is 140 Å². The number of rotatable bonds is 21. The summed E-state index contributed by atoms with van der Waals surface area (Å²) >= 11 is 2.04. The van der Waals surface area contributed by atoms with Gasteiger partial charge >= 0.3 is 166 Å². The van der Waals surface area contributed by atoms with Gasteiger partial charge < -0.3 is 0 Å². The second-order valence-corrected chi connectivity index (χ2v) is 15.1. The van der Waals surface area contributed by atoms with Crippen LogP contribution in [0, 0.1) is 0 Å². The predicted octanol–water partition coefficient (Wildman–Crippen LogP) is 8.21. The summed E-state index contributed by atoms with van der Waals surface area (Å²) in [7, 11) is 0. The Morgan fingerprint density at radius 2 is 0.583 bits per heavy atom. The van der Waals surface area contributed by atoms with Crippen molar-refractivity contribution in [1.82, 2.24) is 0 Å². The van der Waals surface area contributed by atoms with Gasteiger partial charge in [0, 0.05) is 0 Å². The summed E-state index contributed by atoms with van der Waals surface area (Å²) in [5, 5.41) is 3.17. The molecule has 0 saturated carbocycles. The van der Waals surface area contributed by atoms with Crippen molar-refractivity contribution in [3.63, 3.8) is 0 Å². The first kappa shape index (κ1) is 25.0. The third-order valence-corrected chi connectivity index (χ3v) is 12.5. The van der Waals surface area contributed by atoms with Gasteiger partial charge in [-0.15, -0.1) is 0 Å². The van der Waals surface area contributed by atoms with E-state index in [4.69, 9.17) is 0 Å². The van der Waals surface area contributed by atoms with Crippen LogP contribution < -0.4 is 0 Å². The van der Waals surface area contributed by atoms with Crippen LogP contribution in [0.4, 0.5) is 0 Å². The van der Waals surface area contributed by atoms with Crippen molar-refractivity contribution >= 4 is 26.3 Å². The first-order valence-corrected chi connectivity index (χ1v) is 17.9. The van der Waals surface area contributed by atoms with Crippen LogP contribution in [0.1, 0.15) is 129 Å². The van der Waals surface area contributed by atoms with Gasteiger partial charge in [0.1, 0.15) is 0 Å². The standard InChI is InChI=1S/C22H46Se2/c1-3-5-7-9-11-13-15-17-19-21-23-24-22-20-18-16-14-12-10-8-6-4-2/h3-22H2,1-2H3. The van der Waals surface area contributed by atoms with Gasteiger partial charge in [-0.3, -0.25) is 0 Å². The monoisotopic (exact) mass is 470 g/mol. The van der Waals surface area contributed by atoms with E-state index in [1.165, 1.54) is 116 Å². The molecule has 0 saturated heterocycles. The van der Waals surface area contributed by atoms with E-state index < -0.39 is 0 Å². The van der Waals surface area contributed by atoms with Crippen LogP contribution in [0.25, 0.3) is 0 Å². The van der Waals surface area contributed by atoms with E-state index in [1.54, 1.807) is 10.6 Å². The summed E-state index contributed by atoms with van der Waals surface area (Å²) in [5.41, 5.74) is 0. The minimum atomic E-state index is 1.02. The predicted molar refractivity (Wildman–Crippen MR) is 116 cm³/mol. The SMILES string of the molecule is CCCCCCCCCCC[Se][Se]CCCCCCCCCCC. The molecule has 0 fully saturated rings. The van der Waals surface area contributed by atoms with Crippen LogP contribution in [-0.2, 0) is 0 Å². The molecule has 0 aliphatic carbocycles. The molecule has 0 spiro atoms. The van der Waals surface area contributed by atoms with E-state index in [-0.39, 0.29) is 0 Å². The maximum absolute atomic E-state index is 2.30. The van der Waals surface area contributed by atoms with E-state index in [0.29, 0.717) is 0 Å². The van der Waals surface area contributed by atoms with Gasteiger partial charge in [-0.05, 0) is 0 Å². The molecule has 0 N–H and O–H groups in total. The van der Waals surface area contributed by atoms with Gasteiger partial charge in [0.15, 0.2) is 0 Å². The minimum absolute atomic E-state index is 1.02. The Balaban J connectivity index is 2.93. The van der Waals surface area contributed by atoms with E-state index in [2.05, 4.69) is 13.8 Å². The summed E-state index contributed by atoms with van der Waals surface area (Å²) in [6.07, 6.45) is 26.7. The van der Waals surface area contributed by atoms with Crippen molar-refractivity contribution in [2.24, 2.45) is 0 Å². The van der Waals surface area contributed by atoms with Crippen molar-refractivity contribution in [2.75, 3.05) is 0 Å². The van der Waals surface area contributed by atoms with E-state index in [0.717, 1.165) is 26.3 Å². The Morgan fingerprint density at radius 1 is 0.333 bits per heavy atom. The fourth-order valence-corrected chi connectivity index (χ4v) is 10.0. The second kappa shape index (κ2) is 24.0. The number of unbranched alkanes of at least 4 members (excludes halogenated alkanes) is 16. The molecule has 0 aliphatic rings. The Bertz CT molecular complexity index is 184. The van der Waals surface area contributed by atoms with Crippen LogP contribution in [0.3, 0.4) is 0 Å². The van der Waals surface area contributed by atoms with Crippen LogP contribution in [0.5, 0.6) is 0 Å². The van der Waals surface area contributed by atoms with Gasteiger partial charge in [0.05, 0.1) is 0 Å². The van der Waals surface area contributed by atoms with Crippen molar-refractivity contribution in [3.8, 4) is 0 Å². The van der Waals surface area contributed by atoms with Gasteiger partial charge in [0.25, 0.3) is 0 Å². The molecule has 146 valence electrons. The van der Waals surface area contributed by atoms with Gasteiger partial charge in [-0.25, -0.2) is 0 Å². The molecule has 0 radical (unpaired) electrons. The van der Waals surface area contributed by atoms with E-state index in [9.17, 15) is 0 Å². The average molecular weight is 469 g/mol. The zero-order valence-electron chi connectivity index (χ0n) is 17.0. The van der Waals surface area contributed by atoms with Gasteiger partial charge in [-0.2, -0.15) is 0 Å². The van der Waals surface area contributed by atoms with Crippen molar-refractivity contribution < 1.29 is 0 Å². The number of hydrogen-bond acceptors (Lipinski definition) is 0. The second-order valence-electron chi connectivity index (χ2n) is 7.30. The summed E-state index contributed by atoms with van der Waals surface area (Å²) < 4.78 is 0. The van der Waals surface area contributed by atoms with Crippen molar-refractivity contribution in [3.05, 3.63) is 0 Å². The molecule has 0 nitrogen and oxygen atoms in total. The zero-order chi connectivity index (χ0) is 17.6. The summed E-state index contributed by atoms with van der Waals surface area (Å²) in [4.78, 5) is 0. The summed E-state index contributed by atoms with van der Waals surface area (Å²) in [6.45, 7) is 4.61. The van der Waals surface area contributed by atoms with Crippen molar-refractivity contribution in [1.29, 1.82) is 0 Å². The third-order valence-electron chi connectivity index (χ3n) is 4.75. The number of hydrogen-bond donors (Lipinski definition) is 0. The molecule has 2 heteroatoms. The molecule has 0 aromatic carbocycles. The van der Waals surface area contributed by atoms with Gasteiger partial charge in [0.2, 0.25) is 0 Å². The Labute approximate surface area is 166 Å². The summed E-state index contributed by atoms with van der Waals surface area (Å²) in [6, 6.07) is 0. The first-order chi connectivity index (χ1) is 11.9. The van der Waals surface area contributed by atoms with Crippen LogP contribution in [0.15, 0.2) is 0 Å². The maximum atomic E-state index is 2.30. The van der Waals surface area contributed by atoms with E-state index >= 15 is 0 Å². The molecule has 0 unspecified atom stereocenters.